The van der Waals surface area contributed by atoms with Crippen molar-refractivity contribution in [1.29, 1.82) is 0 Å². The first-order valence-electron chi connectivity index (χ1n) is 6.77. The number of rotatable bonds is 6. The summed E-state index contributed by atoms with van der Waals surface area (Å²) in [7, 11) is 0. The highest BCUT2D eigenvalue weighted by Gasteiger charge is 2.01. The van der Waals surface area contributed by atoms with Gasteiger partial charge in [0.2, 0.25) is 0 Å². The number of carbonyl (C=O) groups is 1. The zero-order valence-electron chi connectivity index (χ0n) is 12.1. The van der Waals surface area contributed by atoms with E-state index in [1.165, 1.54) is 11.8 Å². The molecule has 2 rings (SSSR count). The van der Waals surface area contributed by atoms with Gasteiger partial charge in [-0.3, -0.25) is 4.79 Å². The van der Waals surface area contributed by atoms with Crippen LogP contribution in [0, 0.1) is 6.92 Å². The van der Waals surface area contributed by atoms with Gasteiger partial charge in [0.25, 0.3) is 5.91 Å². The van der Waals surface area contributed by atoms with E-state index in [4.69, 9.17) is 9.15 Å². The molecule has 0 fully saturated rings. The number of carbonyl (C=O) groups excluding carboxylic acids is 1. The number of benzene rings is 1. The zero-order valence-corrected chi connectivity index (χ0v) is 12.1. The molecule has 1 aromatic carbocycles. The van der Waals surface area contributed by atoms with Crippen molar-refractivity contribution in [2.24, 2.45) is 5.10 Å². The first-order valence-corrected chi connectivity index (χ1v) is 6.77. The molecule has 21 heavy (non-hydrogen) atoms. The third kappa shape index (κ3) is 4.80. The van der Waals surface area contributed by atoms with Crippen LogP contribution in [0.1, 0.15) is 24.0 Å². The van der Waals surface area contributed by atoms with Gasteiger partial charge >= 0.3 is 0 Å². The number of furan rings is 1. The van der Waals surface area contributed by atoms with Crippen molar-refractivity contribution in [2.75, 3.05) is 6.61 Å². The molecular formula is C16H18N2O3. The molecule has 0 saturated heterocycles. The van der Waals surface area contributed by atoms with Crippen LogP contribution in [0.15, 0.2) is 45.9 Å². The Morgan fingerprint density at radius 2 is 2.05 bits per heavy atom. The topological polar surface area (TPSA) is 63.8 Å². The van der Waals surface area contributed by atoms with E-state index in [1.807, 2.05) is 37.3 Å². The second-order valence-electron chi connectivity index (χ2n) is 4.53. The van der Waals surface area contributed by atoms with E-state index >= 15 is 0 Å². The largest absolute Gasteiger partial charge is 0.484 e. The molecule has 5 heteroatoms. The molecule has 0 aliphatic heterocycles. The fourth-order valence-corrected chi connectivity index (χ4v) is 1.69. The quantitative estimate of drug-likeness (QED) is 0.656. The molecule has 0 aliphatic rings. The number of ether oxygens (including phenoxy) is 1. The lowest BCUT2D eigenvalue weighted by Gasteiger charge is -2.05. The molecule has 0 unspecified atom stereocenters. The summed E-state index contributed by atoms with van der Waals surface area (Å²) >= 11 is 0. The minimum absolute atomic E-state index is 0.0833. The fraction of sp³-hybridized carbons (Fsp3) is 0.250. The second-order valence-corrected chi connectivity index (χ2v) is 4.53. The van der Waals surface area contributed by atoms with E-state index in [2.05, 4.69) is 17.5 Å². The van der Waals surface area contributed by atoms with Crippen molar-refractivity contribution >= 4 is 12.1 Å². The van der Waals surface area contributed by atoms with E-state index in [1.54, 1.807) is 6.07 Å². The van der Waals surface area contributed by atoms with Crippen LogP contribution in [-0.4, -0.2) is 18.7 Å². The van der Waals surface area contributed by atoms with Crippen LogP contribution in [0.2, 0.25) is 0 Å². The molecule has 0 radical (unpaired) electrons. The first-order chi connectivity index (χ1) is 10.2. The minimum atomic E-state index is -0.325. The highest BCUT2D eigenvalue weighted by atomic mass is 16.5. The van der Waals surface area contributed by atoms with Crippen LogP contribution >= 0.6 is 0 Å². The molecule has 0 atom stereocenters. The Labute approximate surface area is 123 Å². The summed E-state index contributed by atoms with van der Waals surface area (Å²) in [5.74, 6) is 1.72. The van der Waals surface area contributed by atoms with Gasteiger partial charge in [-0.2, -0.15) is 5.10 Å². The molecule has 1 heterocycles. The van der Waals surface area contributed by atoms with E-state index in [0.717, 1.165) is 12.2 Å². The van der Waals surface area contributed by atoms with Crippen LogP contribution in [0.3, 0.4) is 0 Å². The molecule has 0 bridgehead atoms. The van der Waals surface area contributed by atoms with E-state index in [9.17, 15) is 4.79 Å². The molecule has 0 aliphatic carbocycles. The van der Waals surface area contributed by atoms with Gasteiger partial charge in [0.05, 0.1) is 6.21 Å². The van der Waals surface area contributed by atoms with Gasteiger partial charge in [0, 0.05) is 0 Å². The average molecular weight is 286 g/mol. The molecule has 0 saturated carbocycles. The Morgan fingerprint density at radius 3 is 2.67 bits per heavy atom. The van der Waals surface area contributed by atoms with Crippen molar-refractivity contribution in [3.63, 3.8) is 0 Å². The summed E-state index contributed by atoms with van der Waals surface area (Å²) in [5, 5.41) is 3.80. The van der Waals surface area contributed by atoms with E-state index in [-0.39, 0.29) is 12.5 Å². The Morgan fingerprint density at radius 1 is 1.29 bits per heavy atom. The Hall–Kier alpha value is -2.56. The summed E-state index contributed by atoms with van der Waals surface area (Å²) in [6.07, 6.45) is 2.42. The Balaban J connectivity index is 1.75. The van der Waals surface area contributed by atoms with Crippen molar-refractivity contribution in [3.05, 3.63) is 53.5 Å². The summed E-state index contributed by atoms with van der Waals surface area (Å²) in [5.41, 5.74) is 3.61. The maximum Gasteiger partial charge on any atom is 0.277 e. The standard InChI is InChI=1S/C16H18N2O3/c1-3-13-5-8-14(9-6-13)20-11-16(19)18-17-10-15-7-4-12(2)21-15/h4-10H,3,11H2,1-2H3,(H,18,19). The molecule has 1 amide bonds. The monoisotopic (exact) mass is 286 g/mol. The third-order valence-electron chi connectivity index (χ3n) is 2.84. The number of amides is 1. The zero-order chi connectivity index (χ0) is 15.1. The lowest BCUT2D eigenvalue weighted by Crippen LogP contribution is -2.24. The Kier molecular flexibility index (Phi) is 5.15. The molecular weight excluding hydrogens is 268 g/mol. The van der Waals surface area contributed by atoms with Crippen LogP contribution in [-0.2, 0) is 11.2 Å². The molecule has 5 nitrogen and oxygen atoms in total. The van der Waals surface area contributed by atoms with Gasteiger partial charge in [0.1, 0.15) is 17.3 Å². The number of hydrazone groups is 1. The number of hydrogen-bond donors (Lipinski definition) is 1. The van der Waals surface area contributed by atoms with Gasteiger partial charge in [-0.1, -0.05) is 19.1 Å². The van der Waals surface area contributed by atoms with Crippen molar-refractivity contribution in [1.82, 2.24) is 5.43 Å². The van der Waals surface area contributed by atoms with Gasteiger partial charge in [0.15, 0.2) is 6.61 Å². The number of nitrogens with zero attached hydrogens (tertiary/aromatic N) is 1. The smallest absolute Gasteiger partial charge is 0.277 e. The van der Waals surface area contributed by atoms with Gasteiger partial charge in [-0.15, -0.1) is 0 Å². The fourth-order valence-electron chi connectivity index (χ4n) is 1.69. The highest BCUT2D eigenvalue weighted by molar-refractivity contribution is 5.81. The molecule has 110 valence electrons. The summed E-state index contributed by atoms with van der Waals surface area (Å²) < 4.78 is 10.6. The van der Waals surface area contributed by atoms with E-state index in [0.29, 0.717) is 11.5 Å². The maximum absolute atomic E-state index is 11.6. The lowest BCUT2D eigenvalue weighted by atomic mass is 10.2. The van der Waals surface area contributed by atoms with Crippen LogP contribution in [0.4, 0.5) is 0 Å². The van der Waals surface area contributed by atoms with Gasteiger partial charge in [-0.05, 0) is 43.2 Å². The highest BCUT2D eigenvalue weighted by Crippen LogP contribution is 2.12. The van der Waals surface area contributed by atoms with Gasteiger partial charge < -0.3 is 9.15 Å². The summed E-state index contributed by atoms with van der Waals surface area (Å²) in [4.78, 5) is 11.6. The van der Waals surface area contributed by atoms with Crippen LogP contribution in [0.25, 0.3) is 0 Å². The molecule has 1 aromatic heterocycles. The number of nitrogens with one attached hydrogen (secondary N) is 1. The van der Waals surface area contributed by atoms with Crippen molar-refractivity contribution in [3.8, 4) is 5.75 Å². The first kappa shape index (κ1) is 14.8. The molecule has 1 N–H and O–H groups in total. The predicted molar refractivity (Wildman–Crippen MR) is 80.5 cm³/mol. The lowest BCUT2D eigenvalue weighted by molar-refractivity contribution is -0.123. The molecule has 0 spiro atoms. The van der Waals surface area contributed by atoms with Crippen LogP contribution in [0.5, 0.6) is 5.75 Å². The number of aryl methyl sites for hydroxylation is 2. The van der Waals surface area contributed by atoms with Gasteiger partial charge in [-0.25, -0.2) is 5.43 Å². The average Bonchev–Trinajstić information content (AvgIpc) is 2.91. The summed E-state index contributed by atoms with van der Waals surface area (Å²) in [6, 6.07) is 11.3. The number of hydrogen-bond acceptors (Lipinski definition) is 4. The normalized spacial score (nSPS) is 10.8. The predicted octanol–water partition coefficient (Wildman–Crippen LogP) is 2.68. The van der Waals surface area contributed by atoms with Crippen LogP contribution < -0.4 is 10.2 Å². The second kappa shape index (κ2) is 7.28. The third-order valence-corrected chi connectivity index (χ3v) is 2.84. The minimum Gasteiger partial charge on any atom is -0.484 e. The summed E-state index contributed by atoms with van der Waals surface area (Å²) in [6.45, 7) is 3.84. The van der Waals surface area contributed by atoms with Crippen molar-refractivity contribution in [2.45, 2.75) is 20.3 Å². The van der Waals surface area contributed by atoms with Crippen molar-refractivity contribution < 1.29 is 13.9 Å². The maximum atomic E-state index is 11.6. The Bertz CT molecular complexity index is 615. The molecule has 2 aromatic rings. The SMILES string of the molecule is CCc1ccc(OCC(=O)NN=Cc2ccc(C)o2)cc1. The van der Waals surface area contributed by atoms with E-state index < -0.39 is 0 Å².